The van der Waals surface area contributed by atoms with E-state index < -0.39 is 0 Å². The summed E-state index contributed by atoms with van der Waals surface area (Å²) < 4.78 is 0. The SMILES string of the molecule is O=C(S)C(Cc1ccccc1)c1ccncc1. The summed E-state index contributed by atoms with van der Waals surface area (Å²) in [6, 6.07) is 13.7. The molecule has 1 atom stereocenters. The van der Waals surface area contributed by atoms with Crippen LogP contribution in [0.2, 0.25) is 0 Å². The third-order valence-corrected chi connectivity index (χ3v) is 3.00. The standard InChI is InChI=1S/C14H13NOS/c16-14(17)13(12-6-8-15-9-7-12)10-11-4-2-1-3-5-11/h1-9,13H,10H2,(H,16,17). The topological polar surface area (TPSA) is 30.0 Å². The largest absolute Gasteiger partial charge is 0.287 e. The lowest BCUT2D eigenvalue weighted by Gasteiger charge is -2.13. The summed E-state index contributed by atoms with van der Waals surface area (Å²) >= 11 is 3.98. The van der Waals surface area contributed by atoms with Gasteiger partial charge in [-0.05, 0) is 29.7 Å². The molecule has 86 valence electrons. The highest BCUT2D eigenvalue weighted by Crippen LogP contribution is 2.22. The molecule has 1 aromatic heterocycles. The second-order valence-electron chi connectivity index (χ2n) is 3.86. The van der Waals surface area contributed by atoms with Gasteiger partial charge in [0.25, 0.3) is 0 Å². The average Bonchev–Trinajstić information content (AvgIpc) is 2.38. The number of hydrogen-bond acceptors (Lipinski definition) is 2. The van der Waals surface area contributed by atoms with Crippen molar-refractivity contribution in [3.63, 3.8) is 0 Å². The van der Waals surface area contributed by atoms with Gasteiger partial charge in [0.15, 0.2) is 5.12 Å². The van der Waals surface area contributed by atoms with Crippen molar-refractivity contribution in [2.24, 2.45) is 0 Å². The van der Waals surface area contributed by atoms with Gasteiger partial charge < -0.3 is 0 Å². The molecule has 1 heterocycles. The van der Waals surface area contributed by atoms with Crippen molar-refractivity contribution in [1.29, 1.82) is 0 Å². The van der Waals surface area contributed by atoms with Crippen LogP contribution in [-0.4, -0.2) is 10.1 Å². The van der Waals surface area contributed by atoms with Crippen molar-refractivity contribution >= 4 is 17.7 Å². The lowest BCUT2D eigenvalue weighted by atomic mass is 9.94. The molecule has 0 amide bonds. The first-order chi connectivity index (χ1) is 8.27. The molecule has 1 aromatic carbocycles. The summed E-state index contributed by atoms with van der Waals surface area (Å²) in [7, 11) is 0. The molecule has 17 heavy (non-hydrogen) atoms. The normalized spacial score (nSPS) is 12.1. The molecule has 0 bridgehead atoms. The Hall–Kier alpha value is -1.61. The van der Waals surface area contributed by atoms with Gasteiger partial charge in [0, 0.05) is 12.4 Å². The Kier molecular flexibility index (Phi) is 3.94. The van der Waals surface area contributed by atoms with Gasteiger partial charge in [-0.25, -0.2) is 0 Å². The number of rotatable bonds is 4. The molecule has 0 radical (unpaired) electrons. The van der Waals surface area contributed by atoms with Gasteiger partial charge in [-0.15, -0.1) is 12.6 Å². The number of hydrogen-bond donors (Lipinski definition) is 1. The summed E-state index contributed by atoms with van der Waals surface area (Å²) in [5, 5.41) is -0.111. The molecule has 2 nitrogen and oxygen atoms in total. The highest BCUT2D eigenvalue weighted by atomic mass is 32.1. The maximum Gasteiger partial charge on any atom is 0.193 e. The van der Waals surface area contributed by atoms with Crippen molar-refractivity contribution in [1.82, 2.24) is 4.98 Å². The van der Waals surface area contributed by atoms with Gasteiger partial charge in [0.1, 0.15) is 0 Å². The Bertz CT molecular complexity index is 484. The van der Waals surface area contributed by atoms with Crippen LogP contribution >= 0.6 is 12.6 Å². The number of aromatic nitrogens is 1. The van der Waals surface area contributed by atoms with Crippen LogP contribution in [0.3, 0.4) is 0 Å². The molecule has 0 aliphatic carbocycles. The molecular weight excluding hydrogens is 230 g/mol. The van der Waals surface area contributed by atoms with Gasteiger partial charge in [-0.3, -0.25) is 9.78 Å². The molecule has 1 unspecified atom stereocenters. The first kappa shape index (κ1) is 11.9. The van der Waals surface area contributed by atoms with Crippen LogP contribution in [0.4, 0.5) is 0 Å². The molecule has 0 aliphatic heterocycles. The van der Waals surface area contributed by atoms with Crippen LogP contribution in [0.25, 0.3) is 0 Å². The van der Waals surface area contributed by atoms with Crippen molar-refractivity contribution in [2.75, 3.05) is 0 Å². The minimum atomic E-state index is -0.205. The van der Waals surface area contributed by atoms with E-state index in [0.29, 0.717) is 6.42 Å². The van der Waals surface area contributed by atoms with E-state index in [1.165, 1.54) is 0 Å². The van der Waals surface area contributed by atoms with E-state index in [-0.39, 0.29) is 11.0 Å². The summed E-state index contributed by atoms with van der Waals surface area (Å²) in [5.74, 6) is -0.205. The zero-order chi connectivity index (χ0) is 12.1. The highest BCUT2D eigenvalue weighted by Gasteiger charge is 2.17. The van der Waals surface area contributed by atoms with Gasteiger partial charge in [-0.2, -0.15) is 0 Å². The lowest BCUT2D eigenvalue weighted by molar-refractivity contribution is -0.112. The maximum atomic E-state index is 11.6. The predicted octanol–water partition coefficient (Wildman–Crippen LogP) is 2.86. The Morgan fingerprint density at radius 3 is 2.35 bits per heavy atom. The van der Waals surface area contributed by atoms with Gasteiger partial charge in [-0.1, -0.05) is 30.3 Å². The third kappa shape index (κ3) is 3.17. The van der Waals surface area contributed by atoms with Crippen LogP contribution in [0.5, 0.6) is 0 Å². The van der Waals surface area contributed by atoms with Crippen LogP contribution in [0.15, 0.2) is 54.9 Å². The molecule has 0 saturated carbocycles. The van der Waals surface area contributed by atoms with Crippen LogP contribution in [0.1, 0.15) is 17.0 Å². The summed E-state index contributed by atoms with van der Waals surface area (Å²) in [5.41, 5.74) is 2.10. The highest BCUT2D eigenvalue weighted by molar-refractivity contribution is 7.96. The molecule has 0 saturated heterocycles. The molecule has 3 heteroatoms. The van der Waals surface area contributed by atoms with E-state index in [4.69, 9.17) is 0 Å². The van der Waals surface area contributed by atoms with Gasteiger partial charge in [0.05, 0.1) is 5.92 Å². The van der Waals surface area contributed by atoms with E-state index >= 15 is 0 Å². The van der Waals surface area contributed by atoms with E-state index in [1.54, 1.807) is 12.4 Å². The Morgan fingerprint density at radius 2 is 1.76 bits per heavy atom. The summed E-state index contributed by atoms with van der Waals surface area (Å²) in [6.45, 7) is 0. The minimum absolute atomic E-state index is 0.111. The van der Waals surface area contributed by atoms with Crippen LogP contribution in [-0.2, 0) is 11.2 Å². The molecule has 0 N–H and O–H groups in total. The second kappa shape index (κ2) is 5.64. The van der Waals surface area contributed by atoms with Crippen molar-refractivity contribution < 1.29 is 4.79 Å². The lowest BCUT2D eigenvalue weighted by Crippen LogP contribution is -2.10. The fraction of sp³-hybridized carbons (Fsp3) is 0.143. The van der Waals surface area contributed by atoms with E-state index in [9.17, 15) is 4.79 Å². The molecule has 2 aromatic rings. The Balaban J connectivity index is 2.23. The summed E-state index contributed by atoms with van der Waals surface area (Å²) in [4.78, 5) is 15.6. The third-order valence-electron chi connectivity index (χ3n) is 2.69. The number of pyridine rings is 1. The molecule has 0 aliphatic rings. The monoisotopic (exact) mass is 243 g/mol. The first-order valence-electron chi connectivity index (χ1n) is 5.44. The maximum absolute atomic E-state index is 11.6. The van der Waals surface area contributed by atoms with Gasteiger partial charge in [0.2, 0.25) is 0 Å². The molecule has 0 fully saturated rings. The van der Waals surface area contributed by atoms with E-state index in [0.717, 1.165) is 11.1 Å². The number of carbonyl (C=O) groups is 1. The molecule has 2 rings (SSSR count). The predicted molar refractivity (Wildman–Crippen MR) is 71.1 cm³/mol. The van der Waals surface area contributed by atoms with E-state index in [2.05, 4.69) is 17.6 Å². The number of thiol groups is 1. The fourth-order valence-electron chi connectivity index (χ4n) is 1.79. The van der Waals surface area contributed by atoms with Crippen LogP contribution < -0.4 is 0 Å². The fourth-order valence-corrected chi connectivity index (χ4v) is 2.03. The Labute approximate surface area is 106 Å². The number of benzene rings is 1. The first-order valence-corrected chi connectivity index (χ1v) is 5.89. The average molecular weight is 243 g/mol. The second-order valence-corrected chi connectivity index (χ2v) is 4.30. The number of carbonyl (C=O) groups excluding carboxylic acids is 1. The van der Waals surface area contributed by atoms with Crippen LogP contribution in [0, 0.1) is 0 Å². The number of nitrogens with zero attached hydrogens (tertiary/aromatic N) is 1. The molecular formula is C14H13NOS. The van der Waals surface area contributed by atoms with Crippen molar-refractivity contribution in [3.05, 3.63) is 66.0 Å². The van der Waals surface area contributed by atoms with Crippen molar-refractivity contribution in [3.8, 4) is 0 Å². The van der Waals surface area contributed by atoms with Crippen molar-refractivity contribution in [2.45, 2.75) is 12.3 Å². The van der Waals surface area contributed by atoms with Gasteiger partial charge >= 0.3 is 0 Å². The zero-order valence-electron chi connectivity index (χ0n) is 9.28. The minimum Gasteiger partial charge on any atom is -0.287 e. The molecule has 0 spiro atoms. The van der Waals surface area contributed by atoms with E-state index in [1.807, 2.05) is 42.5 Å². The smallest absolute Gasteiger partial charge is 0.193 e. The quantitative estimate of drug-likeness (QED) is 0.837. The summed E-state index contributed by atoms with van der Waals surface area (Å²) in [6.07, 6.45) is 4.07. The zero-order valence-corrected chi connectivity index (χ0v) is 10.2. The Morgan fingerprint density at radius 1 is 1.12 bits per heavy atom.